The van der Waals surface area contributed by atoms with E-state index in [4.69, 9.17) is 10.0 Å². The summed E-state index contributed by atoms with van der Waals surface area (Å²) in [6.07, 6.45) is -0.869. The number of halogens is 3. The van der Waals surface area contributed by atoms with E-state index in [1.165, 1.54) is 6.92 Å². The van der Waals surface area contributed by atoms with E-state index in [0.717, 1.165) is 12.1 Å². The molecule has 3 N–H and O–H groups in total. The summed E-state index contributed by atoms with van der Waals surface area (Å²) in [5.74, 6) is -5.17. The van der Waals surface area contributed by atoms with E-state index in [9.17, 15) is 18.0 Å². The van der Waals surface area contributed by atoms with Crippen molar-refractivity contribution in [2.75, 3.05) is 5.32 Å². The van der Waals surface area contributed by atoms with E-state index in [2.05, 4.69) is 5.32 Å². The molecule has 4 nitrogen and oxygen atoms in total. The Morgan fingerprint density at radius 2 is 2.10 bits per heavy atom. The first-order chi connectivity index (χ1) is 9.69. The third kappa shape index (κ3) is 3.57. The predicted octanol–water partition coefficient (Wildman–Crippen LogP) is 1.19. The molecule has 1 unspecified atom stereocenters. The van der Waals surface area contributed by atoms with Crippen molar-refractivity contribution in [2.24, 2.45) is 5.92 Å². The lowest BCUT2D eigenvalue weighted by Crippen LogP contribution is -2.33. The number of aryl methyl sites for hydroxylation is 1. The minimum atomic E-state index is -2.86. The van der Waals surface area contributed by atoms with Crippen molar-refractivity contribution >= 4 is 24.2 Å². The van der Waals surface area contributed by atoms with Crippen LogP contribution >= 0.6 is 0 Å². The second-order valence-corrected chi connectivity index (χ2v) is 5.35. The standard InChI is InChI=1S/C13H15BF3NO3/c1-7-4-10(15)11(5-9(7)14(20)21)18-12(19)8-2-3-13(16,17)6-8/h4-5,8,20-21H,2-3,6H2,1H3,(H,18,19). The number of nitrogens with one attached hydrogen (secondary N) is 1. The molecule has 0 saturated heterocycles. The Hall–Kier alpha value is -1.54. The Morgan fingerprint density at radius 3 is 2.62 bits per heavy atom. The van der Waals surface area contributed by atoms with E-state index in [1.54, 1.807) is 0 Å². The van der Waals surface area contributed by atoms with Crippen LogP contribution in [0.5, 0.6) is 0 Å². The lowest BCUT2D eigenvalue weighted by molar-refractivity contribution is -0.120. The van der Waals surface area contributed by atoms with Gasteiger partial charge in [-0.05, 0) is 36.5 Å². The molecule has 1 aromatic rings. The van der Waals surface area contributed by atoms with Gasteiger partial charge in [0.25, 0.3) is 0 Å². The van der Waals surface area contributed by atoms with Gasteiger partial charge in [0.05, 0.1) is 5.69 Å². The summed E-state index contributed by atoms with van der Waals surface area (Å²) in [7, 11) is -1.81. The van der Waals surface area contributed by atoms with Crippen molar-refractivity contribution in [1.29, 1.82) is 0 Å². The van der Waals surface area contributed by atoms with Crippen molar-refractivity contribution in [2.45, 2.75) is 32.1 Å². The number of rotatable bonds is 3. The van der Waals surface area contributed by atoms with Crippen LogP contribution in [0.2, 0.25) is 0 Å². The Morgan fingerprint density at radius 1 is 1.43 bits per heavy atom. The Labute approximate surface area is 120 Å². The van der Waals surface area contributed by atoms with Crippen LogP contribution in [0.15, 0.2) is 12.1 Å². The zero-order chi connectivity index (χ0) is 15.8. The zero-order valence-electron chi connectivity index (χ0n) is 11.4. The van der Waals surface area contributed by atoms with Gasteiger partial charge < -0.3 is 15.4 Å². The Bertz CT molecular complexity index is 566. The lowest BCUT2D eigenvalue weighted by atomic mass is 9.77. The minimum Gasteiger partial charge on any atom is -0.423 e. The smallest absolute Gasteiger partial charge is 0.423 e. The van der Waals surface area contributed by atoms with Crippen molar-refractivity contribution in [3.63, 3.8) is 0 Å². The molecule has 1 amide bonds. The molecule has 0 spiro atoms. The average Bonchev–Trinajstić information content (AvgIpc) is 2.72. The highest BCUT2D eigenvalue weighted by Crippen LogP contribution is 2.39. The van der Waals surface area contributed by atoms with Crippen LogP contribution in [0.25, 0.3) is 0 Å². The molecule has 1 aromatic carbocycles. The Kier molecular flexibility index (Phi) is 4.29. The molecule has 1 aliphatic carbocycles. The SMILES string of the molecule is Cc1cc(F)c(NC(=O)C2CCC(F)(F)C2)cc1B(O)O. The summed E-state index contributed by atoms with van der Waals surface area (Å²) in [4.78, 5) is 11.9. The summed E-state index contributed by atoms with van der Waals surface area (Å²) < 4.78 is 39.9. The number of hydrogen-bond donors (Lipinski definition) is 3. The van der Waals surface area contributed by atoms with E-state index in [1.807, 2.05) is 0 Å². The van der Waals surface area contributed by atoms with Gasteiger partial charge in [-0.2, -0.15) is 0 Å². The van der Waals surface area contributed by atoms with Crippen LogP contribution in [0.3, 0.4) is 0 Å². The average molecular weight is 301 g/mol. The van der Waals surface area contributed by atoms with Gasteiger partial charge in [0.2, 0.25) is 11.8 Å². The van der Waals surface area contributed by atoms with Crippen molar-refractivity contribution < 1.29 is 28.0 Å². The lowest BCUT2D eigenvalue weighted by Gasteiger charge is -2.14. The van der Waals surface area contributed by atoms with Gasteiger partial charge in [-0.25, -0.2) is 13.2 Å². The second kappa shape index (κ2) is 5.69. The van der Waals surface area contributed by atoms with Crippen molar-refractivity contribution in [3.05, 3.63) is 23.5 Å². The summed E-state index contributed by atoms with van der Waals surface area (Å²) in [5, 5.41) is 20.6. The predicted molar refractivity (Wildman–Crippen MR) is 71.9 cm³/mol. The monoisotopic (exact) mass is 301 g/mol. The molecule has 1 saturated carbocycles. The molecule has 0 heterocycles. The van der Waals surface area contributed by atoms with Crippen LogP contribution < -0.4 is 10.8 Å². The maximum Gasteiger partial charge on any atom is 0.488 e. The van der Waals surface area contributed by atoms with Gasteiger partial charge >= 0.3 is 7.12 Å². The van der Waals surface area contributed by atoms with Gasteiger partial charge in [-0.15, -0.1) is 0 Å². The van der Waals surface area contributed by atoms with Gasteiger partial charge in [0.15, 0.2) is 0 Å². The zero-order valence-corrected chi connectivity index (χ0v) is 11.4. The van der Waals surface area contributed by atoms with Crippen LogP contribution in [-0.4, -0.2) is 29.0 Å². The van der Waals surface area contributed by atoms with Crippen molar-refractivity contribution in [1.82, 2.24) is 0 Å². The molecule has 21 heavy (non-hydrogen) atoms. The number of carbonyl (C=O) groups excluding carboxylic acids is 1. The normalized spacial score (nSPS) is 20.4. The summed E-state index contributed by atoms with van der Waals surface area (Å²) in [6, 6.07) is 2.15. The largest absolute Gasteiger partial charge is 0.488 e. The highest BCUT2D eigenvalue weighted by Gasteiger charge is 2.42. The van der Waals surface area contributed by atoms with Gasteiger partial charge in [0, 0.05) is 18.8 Å². The molecule has 114 valence electrons. The van der Waals surface area contributed by atoms with Crippen LogP contribution in [0.4, 0.5) is 18.9 Å². The first kappa shape index (κ1) is 15.8. The number of hydrogen-bond acceptors (Lipinski definition) is 3. The molecule has 2 rings (SSSR count). The highest BCUT2D eigenvalue weighted by atomic mass is 19.3. The van der Waals surface area contributed by atoms with E-state index in [-0.39, 0.29) is 24.0 Å². The summed E-state index contributed by atoms with van der Waals surface area (Å²) in [6.45, 7) is 1.49. The first-order valence-corrected chi connectivity index (χ1v) is 6.54. The van der Waals surface area contributed by atoms with Crippen LogP contribution in [0, 0.1) is 18.7 Å². The van der Waals surface area contributed by atoms with Gasteiger partial charge in [-0.3, -0.25) is 4.79 Å². The van der Waals surface area contributed by atoms with Gasteiger partial charge in [-0.1, -0.05) is 0 Å². The third-order valence-electron chi connectivity index (χ3n) is 3.67. The summed E-state index contributed by atoms with van der Waals surface area (Å²) >= 11 is 0. The van der Waals surface area contributed by atoms with Crippen molar-refractivity contribution in [3.8, 4) is 0 Å². The molecular formula is C13H15BF3NO3. The fourth-order valence-corrected chi connectivity index (χ4v) is 2.47. The number of amides is 1. The number of anilines is 1. The third-order valence-corrected chi connectivity index (χ3v) is 3.67. The summed E-state index contributed by atoms with van der Waals surface area (Å²) in [5.41, 5.74) is 0.111. The maximum absolute atomic E-state index is 13.8. The molecule has 1 fully saturated rings. The number of benzene rings is 1. The highest BCUT2D eigenvalue weighted by molar-refractivity contribution is 6.59. The fourth-order valence-electron chi connectivity index (χ4n) is 2.47. The van der Waals surface area contributed by atoms with E-state index in [0.29, 0.717) is 5.56 Å². The second-order valence-electron chi connectivity index (χ2n) is 5.35. The molecule has 1 atom stereocenters. The number of carbonyl (C=O) groups is 1. The minimum absolute atomic E-state index is 0.0434. The van der Waals surface area contributed by atoms with E-state index >= 15 is 0 Å². The Balaban J connectivity index is 2.16. The number of alkyl halides is 2. The molecule has 0 aliphatic heterocycles. The van der Waals surface area contributed by atoms with Gasteiger partial charge in [0.1, 0.15) is 5.82 Å². The first-order valence-electron chi connectivity index (χ1n) is 6.54. The van der Waals surface area contributed by atoms with E-state index < -0.39 is 37.1 Å². The molecule has 0 radical (unpaired) electrons. The topological polar surface area (TPSA) is 69.6 Å². The molecule has 0 aromatic heterocycles. The molecule has 8 heteroatoms. The van der Waals surface area contributed by atoms with Crippen LogP contribution in [-0.2, 0) is 4.79 Å². The molecule has 1 aliphatic rings. The maximum atomic E-state index is 13.8. The van der Waals surface area contributed by atoms with Crippen LogP contribution in [0.1, 0.15) is 24.8 Å². The molecule has 0 bridgehead atoms. The molecular weight excluding hydrogens is 286 g/mol. The quantitative estimate of drug-likeness (QED) is 0.735. The fraction of sp³-hybridized carbons (Fsp3) is 0.462.